The molecule has 2 aromatic heterocycles. The lowest BCUT2D eigenvalue weighted by molar-refractivity contribution is -0.114. The van der Waals surface area contributed by atoms with Crippen LogP contribution in [0.15, 0.2) is 30.5 Å². The van der Waals surface area contributed by atoms with Crippen molar-refractivity contribution in [2.45, 2.75) is 13.5 Å². The van der Waals surface area contributed by atoms with E-state index in [0.717, 1.165) is 5.56 Å². The Morgan fingerprint density at radius 1 is 1.17 bits per heavy atom. The van der Waals surface area contributed by atoms with Gasteiger partial charge in [-0.15, -0.1) is 0 Å². The summed E-state index contributed by atoms with van der Waals surface area (Å²) in [5.41, 5.74) is 2.75. The number of benzene rings is 1. The second kappa shape index (κ2) is 8.73. The van der Waals surface area contributed by atoms with E-state index >= 15 is 0 Å². The molecular weight excluding hydrogens is 388 g/mol. The predicted molar refractivity (Wildman–Crippen MR) is 113 cm³/mol. The van der Waals surface area contributed by atoms with Crippen molar-refractivity contribution in [3.8, 4) is 11.5 Å². The lowest BCUT2D eigenvalue weighted by Gasteiger charge is -2.13. The number of hydrogen-bond donors (Lipinski definition) is 2. The molecule has 9 nitrogen and oxygen atoms in total. The Kier molecular flexibility index (Phi) is 6.10. The van der Waals surface area contributed by atoms with E-state index in [-0.39, 0.29) is 11.6 Å². The Hall–Kier alpha value is -3.75. The molecule has 0 fully saturated rings. The van der Waals surface area contributed by atoms with Gasteiger partial charge in [-0.25, -0.2) is 9.78 Å². The fourth-order valence-corrected chi connectivity index (χ4v) is 3.34. The number of amides is 1. The van der Waals surface area contributed by atoms with Crippen LogP contribution in [0.3, 0.4) is 0 Å². The lowest BCUT2D eigenvalue weighted by atomic mass is 10.1. The number of nitrogens with one attached hydrogen (secondary N) is 2. The molecule has 3 rings (SSSR count). The highest BCUT2D eigenvalue weighted by Gasteiger charge is 2.23. The van der Waals surface area contributed by atoms with Crippen molar-refractivity contribution in [3.05, 3.63) is 41.7 Å². The maximum absolute atomic E-state index is 12.3. The molecule has 0 spiro atoms. The third kappa shape index (κ3) is 3.86. The zero-order valence-corrected chi connectivity index (χ0v) is 17.5. The van der Waals surface area contributed by atoms with Gasteiger partial charge in [0.25, 0.3) is 0 Å². The Labute approximate surface area is 173 Å². The molecule has 1 aromatic carbocycles. The maximum Gasteiger partial charge on any atom is 0.356 e. The van der Waals surface area contributed by atoms with Gasteiger partial charge in [-0.1, -0.05) is 12.1 Å². The molecule has 1 amide bonds. The summed E-state index contributed by atoms with van der Waals surface area (Å²) in [7, 11) is 6.17. The molecule has 0 radical (unpaired) electrons. The minimum absolute atomic E-state index is 0.224. The number of methoxy groups -OCH3 is 3. The quantitative estimate of drug-likeness (QED) is 0.575. The molecule has 158 valence electrons. The topological polar surface area (TPSA) is 104 Å². The average molecular weight is 412 g/mol. The first kappa shape index (κ1) is 21.0. The summed E-state index contributed by atoms with van der Waals surface area (Å²) in [5.74, 6) is 0.430. The first-order valence-corrected chi connectivity index (χ1v) is 9.19. The van der Waals surface area contributed by atoms with E-state index in [1.54, 1.807) is 32.0 Å². The van der Waals surface area contributed by atoms with E-state index in [1.165, 1.54) is 14.0 Å². The van der Waals surface area contributed by atoms with Crippen LogP contribution in [0.1, 0.15) is 23.0 Å². The summed E-state index contributed by atoms with van der Waals surface area (Å²) in [6.45, 7) is 1.84. The van der Waals surface area contributed by atoms with Crippen molar-refractivity contribution >= 4 is 34.3 Å². The van der Waals surface area contributed by atoms with Gasteiger partial charge >= 0.3 is 5.97 Å². The lowest BCUT2D eigenvalue weighted by Crippen LogP contribution is -2.13. The summed E-state index contributed by atoms with van der Waals surface area (Å²) >= 11 is 0. The molecule has 0 saturated carbocycles. The number of carbonyl (C=O) groups excluding carboxylic acids is 2. The van der Waals surface area contributed by atoms with Crippen molar-refractivity contribution in [1.29, 1.82) is 0 Å². The minimum atomic E-state index is -0.560. The van der Waals surface area contributed by atoms with Crippen molar-refractivity contribution in [1.82, 2.24) is 9.55 Å². The van der Waals surface area contributed by atoms with Crippen LogP contribution in [0.4, 0.5) is 11.4 Å². The van der Waals surface area contributed by atoms with Gasteiger partial charge in [0.1, 0.15) is 5.65 Å². The highest BCUT2D eigenvalue weighted by Crippen LogP contribution is 2.33. The van der Waals surface area contributed by atoms with Gasteiger partial charge in [0.2, 0.25) is 5.91 Å². The fraction of sp³-hybridized carbons (Fsp3) is 0.286. The molecule has 2 N–H and O–H groups in total. The van der Waals surface area contributed by atoms with E-state index in [9.17, 15) is 9.59 Å². The molecule has 0 aliphatic heterocycles. The maximum atomic E-state index is 12.3. The zero-order valence-electron chi connectivity index (χ0n) is 17.5. The van der Waals surface area contributed by atoms with Gasteiger partial charge in [0.15, 0.2) is 17.2 Å². The Bertz CT molecular complexity index is 1110. The number of pyridine rings is 1. The van der Waals surface area contributed by atoms with Gasteiger partial charge in [0.05, 0.1) is 38.9 Å². The SMILES string of the molecule is COC(=O)c1c(NC(C)=O)c2cc(NCc3cccc(OC)c3OC)cnc2n1C. The van der Waals surface area contributed by atoms with E-state index in [4.69, 9.17) is 14.2 Å². The molecule has 0 unspecified atom stereocenters. The number of hydrogen-bond acceptors (Lipinski definition) is 7. The number of anilines is 2. The van der Waals surface area contributed by atoms with Crippen molar-refractivity contribution < 1.29 is 23.8 Å². The second-order valence-electron chi connectivity index (χ2n) is 6.56. The molecular formula is C21H24N4O5. The molecule has 2 heterocycles. The van der Waals surface area contributed by atoms with Crippen LogP contribution >= 0.6 is 0 Å². The van der Waals surface area contributed by atoms with Crippen molar-refractivity contribution in [2.24, 2.45) is 7.05 Å². The van der Waals surface area contributed by atoms with Crippen LogP contribution in [0, 0.1) is 0 Å². The molecule has 0 aliphatic rings. The number of aryl methyl sites for hydroxylation is 1. The normalized spacial score (nSPS) is 10.6. The van der Waals surface area contributed by atoms with Crippen LogP contribution < -0.4 is 20.1 Å². The zero-order chi connectivity index (χ0) is 21.8. The smallest absolute Gasteiger partial charge is 0.356 e. The van der Waals surface area contributed by atoms with Gasteiger partial charge in [-0.2, -0.15) is 0 Å². The van der Waals surface area contributed by atoms with Gasteiger partial charge < -0.3 is 29.4 Å². The average Bonchev–Trinajstić information content (AvgIpc) is 3.01. The molecule has 0 saturated heterocycles. The monoisotopic (exact) mass is 412 g/mol. The van der Waals surface area contributed by atoms with Crippen LogP contribution in [0.25, 0.3) is 11.0 Å². The summed E-state index contributed by atoms with van der Waals surface area (Å²) in [6, 6.07) is 7.47. The third-order valence-corrected chi connectivity index (χ3v) is 4.67. The van der Waals surface area contributed by atoms with E-state index in [1.807, 2.05) is 24.3 Å². The van der Waals surface area contributed by atoms with Crippen LogP contribution in [-0.2, 0) is 23.1 Å². The molecule has 0 bridgehead atoms. The first-order valence-electron chi connectivity index (χ1n) is 9.19. The number of esters is 1. The van der Waals surface area contributed by atoms with Crippen LogP contribution in [-0.4, -0.2) is 42.8 Å². The van der Waals surface area contributed by atoms with Gasteiger partial charge in [-0.05, 0) is 12.1 Å². The number of fused-ring (bicyclic) bond motifs is 1. The molecule has 0 atom stereocenters. The first-order chi connectivity index (χ1) is 14.4. The number of para-hydroxylation sites is 1. The number of ether oxygens (including phenoxy) is 3. The Morgan fingerprint density at radius 2 is 1.93 bits per heavy atom. The number of rotatable bonds is 7. The summed E-state index contributed by atoms with van der Waals surface area (Å²) < 4.78 is 17.3. The molecule has 3 aromatic rings. The van der Waals surface area contributed by atoms with Crippen molar-refractivity contribution in [3.63, 3.8) is 0 Å². The number of nitrogens with zero attached hydrogens (tertiary/aromatic N) is 2. The van der Waals surface area contributed by atoms with Gasteiger partial charge in [-0.3, -0.25) is 4.79 Å². The largest absolute Gasteiger partial charge is 0.493 e. The summed E-state index contributed by atoms with van der Waals surface area (Å²) in [4.78, 5) is 28.5. The fourth-order valence-electron chi connectivity index (χ4n) is 3.34. The highest BCUT2D eigenvalue weighted by atomic mass is 16.5. The summed E-state index contributed by atoms with van der Waals surface area (Å²) in [6.07, 6.45) is 1.66. The standard InChI is InChI=1S/C21H24N4O5/c1-12(26)24-17-15-9-14(11-23-20(15)25(2)18(17)21(27)30-5)22-10-13-7-6-8-16(28-3)19(13)29-4/h6-9,11,22H,10H2,1-5H3,(H,24,26). The van der Waals surface area contributed by atoms with E-state index in [0.29, 0.717) is 40.5 Å². The van der Waals surface area contributed by atoms with Crippen LogP contribution in [0.2, 0.25) is 0 Å². The Morgan fingerprint density at radius 3 is 2.57 bits per heavy atom. The Balaban J connectivity index is 1.99. The molecule has 9 heteroatoms. The second-order valence-corrected chi connectivity index (χ2v) is 6.56. The molecule has 0 aliphatic carbocycles. The predicted octanol–water partition coefficient (Wildman–Crippen LogP) is 2.95. The van der Waals surface area contributed by atoms with Crippen molar-refractivity contribution in [2.75, 3.05) is 32.0 Å². The van der Waals surface area contributed by atoms with Gasteiger partial charge in [0, 0.05) is 31.5 Å². The highest BCUT2D eigenvalue weighted by molar-refractivity contribution is 6.10. The van der Waals surface area contributed by atoms with E-state index < -0.39 is 5.97 Å². The molecule has 30 heavy (non-hydrogen) atoms. The number of aromatic nitrogens is 2. The van der Waals surface area contributed by atoms with Crippen LogP contribution in [0.5, 0.6) is 11.5 Å². The van der Waals surface area contributed by atoms with E-state index in [2.05, 4.69) is 15.6 Å². The third-order valence-electron chi connectivity index (χ3n) is 4.67. The summed E-state index contributed by atoms with van der Waals surface area (Å²) in [5, 5.41) is 6.64. The number of carbonyl (C=O) groups is 2. The minimum Gasteiger partial charge on any atom is -0.493 e.